The van der Waals surface area contributed by atoms with Crippen LogP contribution in [0.1, 0.15) is 31.9 Å². The summed E-state index contributed by atoms with van der Waals surface area (Å²) in [5.74, 6) is -0.169. The molecule has 1 N–H and O–H groups in total. The highest BCUT2D eigenvalue weighted by Crippen LogP contribution is 2.28. The Morgan fingerprint density at radius 3 is 2.79 bits per heavy atom. The maximum absolute atomic E-state index is 13.5. The summed E-state index contributed by atoms with van der Waals surface area (Å²) in [6, 6.07) is 5.24. The highest BCUT2D eigenvalue weighted by atomic mass is 19.1. The highest BCUT2D eigenvalue weighted by Gasteiger charge is 2.18. The van der Waals surface area contributed by atoms with Crippen LogP contribution in [0.25, 0.3) is 0 Å². The van der Waals surface area contributed by atoms with E-state index in [1.165, 1.54) is 0 Å². The maximum Gasteiger partial charge on any atom is 0.123 e. The van der Waals surface area contributed by atoms with E-state index in [2.05, 4.69) is 24.1 Å². The van der Waals surface area contributed by atoms with Crippen molar-refractivity contribution < 1.29 is 9.13 Å². The van der Waals surface area contributed by atoms with Gasteiger partial charge in [-0.2, -0.15) is 0 Å². The first-order valence-electron chi connectivity index (χ1n) is 7.08. The molecular formula is C15H23FN2O. The lowest BCUT2D eigenvalue weighted by molar-refractivity contribution is 0.122. The minimum Gasteiger partial charge on any atom is -0.378 e. The molecule has 1 heterocycles. The average Bonchev–Trinajstić information content (AvgIpc) is 2.45. The van der Waals surface area contributed by atoms with Gasteiger partial charge in [-0.1, -0.05) is 6.92 Å². The molecule has 2 rings (SSSR count). The van der Waals surface area contributed by atoms with Crippen molar-refractivity contribution in [2.45, 2.75) is 26.3 Å². The van der Waals surface area contributed by atoms with Crippen LogP contribution in [-0.4, -0.2) is 32.8 Å². The van der Waals surface area contributed by atoms with Gasteiger partial charge in [0, 0.05) is 24.8 Å². The number of halogens is 1. The Morgan fingerprint density at radius 2 is 2.11 bits per heavy atom. The van der Waals surface area contributed by atoms with Crippen LogP contribution in [0.5, 0.6) is 0 Å². The first-order valence-corrected chi connectivity index (χ1v) is 7.08. The fourth-order valence-electron chi connectivity index (χ4n) is 2.44. The Hall–Kier alpha value is -1.13. The van der Waals surface area contributed by atoms with E-state index in [4.69, 9.17) is 4.74 Å². The number of ether oxygens (including phenoxy) is 1. The Labute approximate surface area is 114 Å². The third kappa shape index (κ3) is 3.67. The van der Waals surface area contributed by atoms with E-state index in [1.54, 1.807) is 12.1 Å². The highest BCUT2D eigenvalue weighted by molar-refractivity contribution is 5.55. The molecule has 4 heteroatoms. The molecule has 1 aliphatic heterocycles. The number of nitrogens with one attached hydrogen (secondary N) is 1. The Kier molecular flexibility index (Phi) is 5.16. The van der Waals surface area contributed by atoms with Gasteiger partial charge >= 0.3 is 0 Å². The van der Waals surface area contributed by atoms with Crippen molar-refractivity contribution in [1.29, 1.82) is 0 Å². The molecule has 0 aliphatic carbocycles. The normalized spacial score (nSPS) is 17.5. The van der Waals surface area contributed by atoms with E-state index >= 15 is 0 Å². The summed E-state index contributed by atoms with van der Waals surface area (Å²) in [5, 5.41) is 3.43. The second-order valence-corrected chi connectivity index (χ2v) is 4.98. The third-order valence-corrected chi connectivity index (χ3v) is 3.51. The molecule has 3 nitrogen and oxygen atoms in total. The van der Waals surface area contributed by atoms with Crippen LogP contribution < -0.4 is 10.2 Å². The molecule has 1 aromatic rings. The molecule has 106 valence electrons. The average molecular weight is 266 g/mol. The van der Waals surface area contributed by atoms with Crippen LogP contribution in [0.2, 0.25) is 0 Å². The zero-order chi connectivity index (χ0) is 13.7. The summed E-state index contributed by atoms with van der Waals surface area (Å²) >= 11 is 0. The lowest BCUT2D eigenvalue weighted by atomic mass is 10.0. The predicted octanol–water partition coefficient (Wildman–Crippen LogP) is 2.72. The van der Waals surface area contributed by atoms with E-state index in [-0.39, 0.29) is 11.9 Å². The second-order valence-electron chi connectivity index (χ2n) is 4.98. The minimum atomic E-state index is -0.169. The van der Waals surface area contributed by atoms with Gasteiger partial charge in [-0.25, -0.2) is 4.39 Å². The van der Waals surface area contributed by atoms with Crippen LogP contribution in [0, 0.1) is 5.82 Å². The Bertz CT molecular complexity index is 405. The number of morpholine rings is 1. The monoisotopic (exact) mass is 266 g/mol. The number of benzene rings is 1. The topological polar surface area (TPSA) is 24.5 Å². The van der Waals surface area contributed by atoms with Crippen LogP contribution >= 0.6 is 0 Å². The molecule has 0 amide bonds. The largest absolute Gasteiger partial charge is 0.378 e. The molecule has 0 saturated carbocycles. The van der Waals surface area contributed by atoms with Crippen molar-refractivity contribution in [3.63, 3.8) is 0 Å². The zero-order valence-corrected chi connectivity index (χ0v) is 11.8. The molecule has 1 unspecified atom stereocenters. The van der Waals surface area contributed by atoms with Gasteiger partial charge in [-0.3, -0.25) is 0 Å². The quantitative estimate of drug-likeness (QED) is 0.887. The summed E-state index contributed by atoms with van der Waals surface area (Å²) < 4.78 is 18.9. The number of rotatable bonds is 5. The second kappa shape index (κ2) is 6.87. The van der Waals surface area contributed by atoms with E-state index in [9.17, 15) is 4.39 Å². The van der Waals surface area contributed by atoms with Crippen LogP contribution in [0.15, 0.2) is 18.2 Å². The lowest BCUT2D eigenvalue weighted by Gasteiger charge is -2.32. The van der Waals surface area contributed by atoms with Crippen molar-refractivity contribution in [3.8, 4) is 0 Å². The van der Waals surface area contributed by atoms with Crippen molar-refractivity contribution in [2.24, 2.45) is 0 Å². The van der Waals surface area contributed by atoms with E-state index in [0.717, 1.165) is 50.5 Å². The molecule has 1 aliphatic rings. The molecule has 0 bridgehead atoms. The molecule has 0 spiro atoms. The van der Waals surface area contributed by atoms with Crippen molar-refractivity contribution in [1.82, 2.24) is 5.32 Å². The summed E-state index contributed by atoms with van der Waals surface area (Å²) in [6.07, 6.45) is 1.08. The number of nitrogens with zero attached hydrogens (tertiary/aromatic N) is 1. The standard InChI is InChI=1S/C15H23FN2O/c1-3-6-17-12(2)14-11-13(16)4-5-15(14)18-7-9-19-10-8-18/h4-5,11-12,17H,3,6-10H2,1-2H3. The molecule has 0 aromatic heterocycles. The first-order chi connectivity index (χ1) is 9.22. The molecule has 1 fully saturated rings. The van der Waals surface area contributed by atoms with Gasteiger partial charge in [0.15, 0.2) is 0 Å². The summed E-state index contributed by atoms with van der Waals surface area (Å²) in [5.41, 5.74) is 2.16. The van der Waals surface area contributed by atoms with Crippen molar-refractivity contribution >= 4 is 5.69 Å². The summed E-state index contributed by atoms with van der Waals surface area (Å²) in [6.45, 7) is 8.40. The molecule has 1 aromatic carbocycles. The van der Waals surface area contributed by atoms with E-state index < -0.39 is 0 Å². The van der Waals surface area contributed by atoms with E-state index in [1.807, 2.05) is 6.07 Å². The summed E-state index contributed by atoms with van der Waals surface area (Å²) in [7, 11) is 0. The Morgan fingerprint density at radius 1 is 1.37 bits per heavy atom. The predicted molar refractivity (Wildman–Crippen MR) is 76.1 cm³/mol. The fraction of sp³-hybridized carbons (Fsp3) is 0.600. The first kappa shape index (κ1) is 14.3. The van der Waals surface area contributed by atoms with Gasteiger partial charge in [0.05, 0.1) is 13.2 Å². The molecular weight excluding hydrogens is 243 g/mol. The number of hydrogen-bond donors (Lipinski definition) is 1. The van der Waals surface area contributed by atoms with Crippen molar-refractivity contribution in [2.75, 3.05) is 37.7 Å². The minimum absolute atomic E-state index is 0.161. The van der Waals surface area contributed by atoms with Crippen LogP contribution in [0.4, 0.5) is 10.1 Å². The van der Waals surface area contributed by atoms with Gasteiger partial charge in [0.1, 0.15) is 5.82 Å². The van der Waals surface area contributed by atoms with Crippen molar-refractivity contribution in [3.05, 3.63) is 29.6 Å². The maximum atomic E-state index is 13.5. The number of hydrogen-bond acceptors (Lipinski definition) is 3. The molecule has 1 saturated heterocycles. The zero-order valence-electron chi connectivity index (χ0n) is 11.8. The molecule has 19 heavy (non-hydrogen) atoms. The SMILES string of the molecule is CCCNC(C)c1cc(F)ccc1N1CCOCC1. The molecule has 1 atom stereocenters. The van der Waals surface area contributed by atoms with Crippen LogP contribution in [-0.2, 0) is 4.74 Å². The van der Waals surface area contributed by atoms with Gasteiger partial charge in [-0.15, -0.1) is 0 Å². The van der Waals surface area contributed by atoms with Gasteiger partial charge in [0.2, 0.25) is 0 Å². The van der Waals surface area contributed by atoms with Crippen LogP contribution in [0.3, 0.4) is 0 Å². The van der Waals surface area contributed by atoms with Gasteiger partial charge < -0.3 is 15.0 Å². The third-order valence-electron chi connectivity index (χ3n) is 3.51. The smallest absolute Gasteiger partial charge is 0.123 e. The van der Waals surface area contributed by atoms with E-state index in [0.29, 0.717) is 0 Å². The lowest BCUT2D eigenvalue weighted by Crippen LogP contribution is -2.37. The fourth-order valence-corrected chi connectivity index (χ4v) is 2.44. The molecule has 0 radical (unpaired) electrons. The van der Waals surface area contributed by atoms with Gasteiger partial charge in [0.25, 0.3) is 0 Å². The number of anilines is 1. The van der Waals surface area contributed by atoms with Gasteiger partial charge in [-0.05, 0) is 43.7 Å². The Balaban J connectivity index is 2.21. The summed E-state index contributed by atoms with van der Waals surface area (Å²) in [4.78, 5) is 2.28.